The highest BCUT2D eigenvalue weighted by atomic mass is 35.5. The second-order valence-electron chi connectivity index (χ2n) is 3.64. The highest BCUT2D eigenvalue weighted by Crippen LogP contribution is 2.30. The van der Waals surface area contributed by atoms with Crippen LogP contribution in [0.1, 0.15) is 0 Å². The maximum absolute atomic E-state index is 6.26. The van der Waals surface area contributed by atoms with E-state index in [9.17, 15) is 0 Å². The summed E-state index contributed by atoms with van der Waals surface area (Å²) in [6, 6.07) is 16.5. The first kappa shape index (κ1) is 8.87. The van der Waals surface area contributed by atoms with Crippen LogP contribution < -0.4 is 10.7 Å². The second kappa shape index (κ2) is 3.32. The summed E-state index contributed by atoms with van der Waals surface area (Å²) < 4.78 is 0. The lowest BCUT2D eigenvalue weighted by Crippen LogP contribution is -2.37. The van der Waals surface area contributed by atoms with Crippen LogP contribution in [0, 0.1) is 0 Å². The lowest BCUT2D eigenvalue weighted by Gasteiger charge is -2.23. The van der Waals surface area contributed by atoms with Gasteiger partial charge in [-0.2, -0.15) is 11.5 Å². The number of nitrogens with one attached hydrogen (secondary N) is 1. The Balaban J connectivity index is 2.30. The number of hydrogen-bond acceptors (Lipinski definition) is 1. The molecule has 1 aliphatic rings. The summed E-state index contributed by atoms with van der Waals surface area (Å²) in [4.78, 5) is 0. The first-order chi connectivity index (χ1) is 7.36. The molecule has 0 saturated carbocycles. The Kier molecular flexibility index (Phi) is 1.96. The molecule has 0 radical (unpaired) electrons. The summed E-state index contributed by atoms with van der Waals surface area (Å²) >= 11 is 6.26. The van der Waals surface area contributed by atoms with Crippen LogP contribution in [0.15, 0.2) is 48.5 Å². The number of halogens is 1. The van der Waals surface area contributed by atoms with E-state index in [1.54, 1.807) is 0 Å². The van der Waals surface area contributed by atoms with Crippen molar-refractivity contribution in [1.82, 2.24) is 0 Å². The highest BCUT2D eigenvalue weighted by molar-refractivity contribution is 7.16. The van der Waals surface area contributed by atoms with Crippen molar-refractivity contribution in [1.29, 1.82) is 0 Å². The third-order valence-corrected chi connectivity index (χ3v) is 3.08. The molecule has 0 atom stereocenters. The number of rotatable bonds is 0. The summed E-state index contributed by atoms with van der Waals surface area (Å²) in [6.45, 7) is 0. The number of fused-ring (bicyclic) bond motifs is 3. The molecular weight excluding hydrogens is 204 g/mol. The van der Waals surface area contributed by atoms with Gasteiger partial charge in [-0.15, -0.1) is 0 Å². The average molecular weight is 213 g/mol. The van der Waals surface area contributed by atoms with Crippen LogP contribution in [0.4, 0.5) is 5.69 Å². The number of anilines is 1. The van der Waals surface area contributed by atoms with E-state index < -0.39 is 0 Å². The molecule has 0 bridgehead atoms. The predicted octanol–water partition coefficient (Wildman–Crippen LogP) is 2.71. The Morgan fingerprint density at radius 2 is 1.53 bits per heavy atom. The Morgan fingerprint density at radius 3 is 2.40 bits per heavy atom. The molecule has 0 saturated heterocycles. The summed E-state index contributed by atoms with van der Waals surface area (Å²) in [7, 11) is 0. The quantitative estimate of drug-likeness (QED) is 0.664. The van der Waals surface area contributed by atoms with Crippen molar-refractivity contribution in [2.24, 2.45) is 0 Å². The zero-order chi connectivity index (χ0) is 10.3. The molecule has 0 fully saturated rings. The van der Waals surface area contributed by atoms with Gasteiger partial charge in [0.2, 0.25) is 0 Å². The van der Waals surface area contributed by atoms with E-state index in [0.29, 0.717) is 0 Å². The third-order valence-electron chi connectivity index (χ3n) is 2.73. The molecule has 3 heteroatoms. The molecule has 1 nitrogen and oxygen atoms in total. The molecule has 1 heterocycles. The maximum Gasteiger partial charge on any atom is 0.393 e. The van der Waals surface area contributed by atoms with Crippen LogP contribution in [-0.2, 0) is 0 Å². The third kappa shape index (κ3) is 1.33. The summed E-state index contributed by atoms with van der Waals surface area (Å²) in [5.74, 6) is 0. The van der Waals surface area contributed by atoms with E-state index >= 15 is 0 Å². The van der Waals surface area contributed by atoms with Crippen LogP contribution >= 0.6 is 11.5 Å². The van der Waals surface area contributed by atoms with Crippen LogP contribution in [0.5, 0.6) is 0 Å². The van der Waals surface area contributed by atoms with Crippen molar-refractivity contribution in [2.75, 3.05) is 5.23 Å². The molecule has 2 aromatic rings. The van der Waals surface area contributed by atoms with Gasteiger partial charge in [0.05, 0.1) is 0 Å². The van der Waals surface area contributed by atoms with Gasteiger partial charge in [0.1, 0.15) is 0 Å². The second-order valence-corrected chi connectivity index (χ2v) is 4.08. The summed E-state index contributed by atoms with van der Waals surface area (Å²) in [5.41, 5.74) is 4.71. The molecular formula is C12H9BClN. The van der Waals surface area contributed by atoms with Crippen molar-refractivity contribution < 1.29 is 0 Å². The highest BCUT2D eigenvalue weighted by Gasteiger charge is 2.25. The minimum Gasteiger partial charge on any atom is -0.410 e. The molecule has 1 N–H and O–H groups in total. The number of hydrogen-bond donors (Lipinski definition) is 1. The Bertz CT molecular complexity index is 512. The Hall–Kier alpha value is -1.41. The van der Waals surface area contributed by atoms with Crippen LogP contribution in [0.25, 0.3) is 11.1 Å². The monoisotopic (exact) mass is 213 g/mol. The van der Waals surface area contributed by atoms with E-state index in [-0.39, 0.29) is 6.26 Å². The van der Waals surface area contributed by atoms with Gasteiger partial charge >= 0.3 is 6.26 Å². The van der Waals surface area contributed by atoms with Crippen molar-refractivity contribution in [2.45, 2.75) is 0 Å². The zero-order valence-corrected chi connectivity index (χ0v) is 8.83. The Labute approximate surface area is 94.1 Å². The molecule has 0 aliphatic carbocycles. The van der Waals surface area contributed by atoms with Gasteiger partial charge in [0.25, 0.3) is 0 Å². The van der Waals surface area contributed by atoms with Crippen molar-refractivity contribution >= 4 is 28.9 Å². The van der Waals surface area contributed by atoms with Gasteiger partial charge in [0, 0.05) is 11.3 Å². The fourth-order valence-electron chi connectivity index (χ4n) is 2.02. The smallest absolute Gasteiger partial charge is 0.393 e. The van der Waals surface area contributed by atoms with E-state index in [2.05, 4.69) is 29.5 Å². The van der Waals surface area contributed by atoms with Crippen LogP contribution in [0.3, 0.4) is 0 Å². The predicted molar refractivity (Wildman–Crippen MR) is 66.7 cm³/mol. The van der Waals surface area contributed by atoms with Crippen LogP contribution in [-0.4, -0.2) is 6.26 Å². The van der Waals surface area contributed by atoms with E-state index in [1.807, 2.05) is 24.3 Å². The van der Waals surface area contributed by atoms with Gasteiger partial charge in [-0.3, -0.25) is 0 Å². The minimum atomic E-state index is -0.129. The molecule has 15 heavy (non-hydrogen) atoms. The number of para-hydroxylation sites is 1. The maximum atomic E-state index is 6.26. The van der Waals surface area contributed by atoms with Gasteiger partial charge in [-0.1, -0.05) is 42.5 Å². The fourth-order valence-corrected chi connectivity index (χ4v) is 2.33. The van der Waals surface area contributed by atoms with Crippen LogP contribution in [0.2, 0.25) is 0 Å². The van der Waals surface area contributed by atoms with Gasteiger partial charge in [-0.05, 0) is 17.1 Å². The molecule has 0 aromatic heterocycles. The fraction of sp³-hybridized carbons (Fsp3) is 0. The number of benzene rings is 2. The largest absolute Gasteiger partial charge is 0.410 e. The van der Waals surface area contributed by atoms with Crippen molar-refractivity contribution in [3.05, 3.63) is 48.5 Å². The molecule has 3 rings (SSSR count). The van der Waals surface area contributed by atoms with Crippen molar-refractivity contribution in [3.8, 4) is 11.1 Å². The van der Waals surface area contributed by atoms with Gasteiger partial charge in [-0.25, -0.2) is 0 Å². The molecule has 0 amide bonds. The minimum absolute atomic E-state index is 0.129. The van der Waals surface area contributed by atoms with E-state index in [0.717, 1.165) is 11.2 Å². The SMILES string of the molecule is ClB1Nc2ccccc2-c2ccccc21. The molecule has 2 aromatic carbocycles. The lowest BCUT2D eigenvalue weighted by molar-refractivity contribution is 1.59. The van der Waals surface area contributed by atoms with Crippen molar-refractivity contribution in [3.63, 3.8) is 0 Å². The summed E-state index contributed by atoms with van der Waals surface area (Å²) in [6.07, 6.45) is -0.129. The average Bonchev–Trinajstić information content (AvgIpc) is 2.30. The molecule has 1 aliphatic heterocycles. The van der Waals surface area contributed by atoms with Gasteiger partial charge in [0.15, 0.2) is 0 Å². The van der Waals surface area contributed by atoms with Gasteiger partial charge < -0.3 is 5.23 Å². The standard InChI is InChI=1S/C12H9BClN/c14-13-11-7-3-1-5-9(11)10-6-2-4-8-12(10)15-13/h1-8,15H. The summed E-state index contributed by atoms with van der Waals surface area (Å²) in [5, 5.41) is 3.28. The van der Waals surface area contributed by atoms with E-state index in [1.165, 1.54) is 11.1 Å². The Morgan fingerprint density at radius 1 is 0.867 bits per heavy atom. The first-order valence-electron chi connectivity index (χ1n) is 4.95. The lowest BCUT2D eigenvalue weighted by atomic mass is 9.72. The van der Waals surface area contributed by atoms with E-state index in [4.69, 9.17) is 11.5 Å². The first-order valence-corrected chi connectivity index (χ1v) is 5.39. The zero-order valence-electron chi connectivity index (χ0n) is 8.07. The topological polar surface area (TPSA) is 12.0 Å². The molecule has 0 unspecified atom stereocenters. The molecule has 72 valence electrons. The molecule has 0 spiro atoms. The normalized spacial score (nSPS) is 12.7.